The van der Waals surface area contributed by atoms with Crippen LogP contribution in [0.3, 0.4) is 0 Å². The third-order valence-electron chi connectivity index (χ3n) is 3.84. The summed E-state index contributed by atoms with van der Waals surface area (Å²) in [5.74, 6) is -1.09. The first-order valence-electron chi connectivity index (χ1n) is 7.83. The standard InChI is InChI=1S/C16H15F3N4O5/c1-20-13(24)6-7-21(15(20)26)9-14(25)22(10-16(17,18)19)8-11-4-2-3-5-12(11)23(27)28/h2-7H,8-10H2,1H3. The maximum absolute atomic E-state index is 12.9. The van der Waals surface area contributed by atoms with Crippen LogP contribution in [0.5, 0.6) is 0 Å². The van der Waals surface area contributed by atoms with Crippen LogP contribution in [0.4, 0.5) is 18.9 Å². The molecule has 0 N–H and O–H groups in total. The van der Waals surface area contributed by atoms with Gasteiger partial charge in [0.25, 0.3) is 11.2 Å². The number of nitro groups is 1. The van der Waals surface area contributed by atoms with Gasteiger partial charge in [-0.05, 0) is 0 Å². The van der Waals surface area contributed by atoms with Crippen molar-refractivity contribution >= 4 is 11.6 Å². The lowest BCUT2D eigenvalue weighted by atomic mass is 10.1. The Morgan fingerprint density at radius 3 is 2.46 bits per heavy atom. The fourth-order valence-electron chi connectivity index (χ4n) is 2.46. The van der Waals surface area contributed by atoms with E-state index in [1.807, 2.05) is 0 Å². The minimum Gasteiger partial charge on any atom is -0.327 e. The van der Waals surface area contributed by atoms with Gasteiger partial charge in [0.15, 0.2) is 0 Å². The molecule has 1 heterocycles. The van der Waals surface area contributed by atoms with Gasteiger partial charge in [0.2, 0.25) is 5.91 Å². The number of hydrogen-bond donors (Lipinski definition) is 0. The van der Waals surface area contributed by atoms with Gasteiger partial charge in [-0.3, -0.25) is 28.8 Å². The van der Waals surface area contributed by atoms with Gasteiger partial charge >= 0.3 is 11.9 Å². The SMILES string of the molecule is Cn1c(=O)ccn(CC(=O)N(Cc2ccccc2[N+](=O)[O-])CC(F)(F)F)c1=O. The number of nitrogens with zero attached hydrogens (tertiary/aromatic N) is 4. The highest BCUT2D eigenvalue weighted by molar-refractivity contribution is 5.76. The van der Waals surface area contributed by atoms with Crippen LogP contribution in [0.1, 0.15) is 5.56 Å². The maximum Gasteiger partial charge on any atom is 0.406 e. The Morgan fingerprint density at radius 2 is 1.86 bits per heavy atom. The molecule has 0 aliphatic heterocycles. The van der Waals surface area contributed by atoms with Crippen LogP contribution < -0.4 is 11.2 Å². The van der Waals surface area contributed by atoms with Crippen molar-refractivity contribution < 1.29 is 22.9 Å². The van der Waals surface area contributed by atoms with Crippen molar-refractivity contribution in [1.29, 1.82) is 0 Å². The normalized spacial score (nSPS) is 11.3. The van der Waals surface area contributed by atoms with Gasteiger partial charge in [-0.25, -0.2) is 4.79 Å². The fraction of sp³-hybridized carbons (Fsp3) is 0.312. The number of alkyl halides is 3. The first-order chi connectivity index (χ1) is 13.0. The summed E-state index contributed by atoms with van der Waals surface area (Å²) < 4.78 is 40.2. The van der Waals surface area contributed by atoms with E-state index in [4.69, 9.17) is 0 Å². The van der Waals surface area contributed by atoms with Crippen molar-refractivity contribution in [2.24, 2.45) is 7.05 Å². The van der Waals surface area contributed by atoms with Gasteiger partial charge in [-0.15, -0.1) is 0 Å². The van der Waals surface area contributed by atoms with E-state index in [9.17, 15) is 37.7 Å². The summed E-state index contributed by atoms with van der Waals surface area (Å²) >= 11 is 0. The molecule has 2 rings (SSSR count). The third-order valence-corrected chi connectivity index (χ3v) is 3.84. The van der Waals surface area contributed by atoms with Crippen molar-refractivity contribution in [1.82, 2.24) is 14.0 Å². The molecule has 12 heteroatoms. The molecule has 0 atom stereocenters. The van der Waals surface area contributed by atoms with Crippen LogP contribution in [0.25, 0.3) is 0 Å². The number of benzene rings is 1. The van der Waals surface area contributed by atoms with Crippen LogP contribution in [-0.4, -0.2) is 37.6 Å². The number of hydrogen-bond acceptors (Lipinski definition) is 5. The summed E-state index contributed by atoms with van der Waals surface area (Å²) in [5.41, 5.74) is -2.03. The average Bonchev–Trinajstić information content (AvgIpc) is 2.60. The van der Waals surface area contributed by atoms with Gasteiger partial charge in [0, 0.05) is 30.9 Å². The Morgan fingerprint density at radius 1 is 1.21 bits per heavy atom. The molecule has 0 bridgehead atoms. The Kier molecular flexibility index (Phi) is 6.01. The molecule has 0 saturated heterocycles. The molecule has 0 saturated carbocycles. The molecule has 150 valence electrons. The van der Waals surface area contributed by atoms with E-state index in [0.717, 1.165) is 29.9 Å². The summed E-state index contributed by atoms with van der Waals surface area (Å²) in [5, 5.41) is 11.1. The Labute approximate surface area is 155 Å². The zero-order valence-electron chi connectivity index (χ0n) is 14.5. The van der Waals surface area contributed by atoms with Crippen molar-refractivity contribution in [3.05, 3.63) is 73.0 Å². The summed E-state index contributed by atoms with van der Waals surface area (Å²) in [6, 6.07) is 6.10. The van der Waals surface area contributed by atoms with E-state index in [0.29, 0.717) is 9.47 Å². The lowest BCUT2D eigenvalue weighted by Crippen LogP contribution is -2.44. The molecule has 2 aromatic rings. The van der Waals surface area contributed by atoms with Crippen LogP contribution >= 0.6 is 0 Å². The second-order valence-corrected chi connectivity index (χ2v) is 5.87. The minimum absolute atomic E-state index is 0.0853. The first kappa shape index (κ1) is 20.9. The highest BCUT2D eigenvalue weighted by Crippen LogP contribution is 2.23. The predicted octanol–water partition coefficient (Wildman–Crippen LogP) is 1.05. The smallest absolute Gasteiger partial charge is 0.327 e. The molecule has 0 fully saturated rings. The van der Waals surface area contributed by atoms with Crippen molar-refractivity contribution in [2.45, 2.75) is 19.3 Å². The Bertz CT molecular complexity index is 1010. The predicted molar refractivity (Wildman–Crippen MR) is 90.5 cm³/mol. The van der Waals surface area contributed by atoms with Crippen LogP contribution in [-0.2, 0) is 24.9 Å². The molecule has 0 unspecified atom stereocenters. The number of aromatic nitrogens is 2. The monoisotopic (exact) mass is 400 g/mol. The van der Waals surface area contributed by atoms with E-state index in [2.05, 4.69) is 0 Å². The highest BCUT2D eigenvalue weighted by atomic mass is 19.4. The largest absolute Gasteiger partial charge is 0.406 e. The first-order valence-corrected chi connectivity index (χ1v) is 7.83. The number of para-hydroxylation sites is 1. The van der Waals surface area contributed by atoms with Gasteiger partial charge < -0.3 is 4.90 Å². The second kappa shape index (κ2) is 8.06. The molecule has 1 aromatic heterocycles. The van der Waals surface area contributed by atoms with Crippen molar-refractivity contribution in [3.63, 3.8) is 0 Å². The van der Waals surface area contributed by atoms with E-state index < -0.39 is 53.6 Å². The van der Waals surface area contributed by atoms with Crippen molar-refractivity contribution in [3.8, 4) is 0 Å². The molecule has 0 radical (unpaired) electrons. The topological polar surface area (TPSA) is 107 Å². The number of halogens is 3. The molecule has 28 heavy (non-hydrogen) atoms. The van der Waals surface area contributed by atoms with Gasteiger partial charge in [-0.2, -0.15) is 13.2 Å². The molecular weight excluding hydrogens is 385 g/mol. The summed E-state index contributed by atoms with van der Waals surface area (Å²) in [6.45, 7) is -3.09. The molecule has 1 amide bonds. The lowest BCUT2D eigenvalue weighted by Gasteiger charge is -2.24. The lowest BCUT2D eigenvalue weighted by molar-refractivity contribution is -0.385. The second-order valence-electron chi connectivity index (χ2n) is 5.87. The van der Waals surface area contributed by atoms with Gasteiger partial charge in [-0.1, -0.05) is 18.2 Å². The number of carbonyl (C=O) groups is 1. The van der Waals surface area contributed by atoms with Crippen LogP contribution in [0.15, 0.2) is 46.1 Å². The van der Waals surface area contributed by atoms with E-state index >= 15 is 0 Å². The van der Waals surface area contributed by atoms with Crippen LogP contribution in [0, 0.1) is 10.1 Å². The van der Waals surface area contributed by atoms with E-state index in [1.54, 1.807) is 0 Å². The zero-order chi connectivity index (χ0) is 21.1. The highest BCUT2D eigenvalue weighted by Gasteiger charge is 2.34. The summed E-state index contributed by atoms with van der Waals surface area (Å²) in [4.78, 5) is 46.5. The van der Waals surface area contributed by atoms with E-state index in [1.165, 1.54) is 18.2 Å². The average molecular weight is 400 g/mol. The number of carbonyl (C=O) groups excluding carboxylic acids is 1. The number of rotatable bonds is 6. The summed E-state index contributed by atoms with van der Waals surface area (Å²) in [6.07, 6.45) is -3.76. The number of nitro benzene ring substituents is 1. The van der Waals surface area contributed by atoms with Crippen LogP contribution in [0.2, 0.25) is 0 Å². The number of amides is 1. The van der Waals surface area contributed by atoms with Crippen molar-refractivity contribution in [2.75, 3.05) is 6.54 Å². The molecule has 1 aromatic carbocycles. The Hall–Kier alpha value is -3.44. The quantitative estimate of drug-likeness (QED) is 0.532. The molecular formula is C16H15F3N4O5. The third kappa shape index (κ3) is 5.05. The minimum atomic E-state index is -4.76. The fourth-order valence-corrected chi connectivity index (χ4v) is 2.46. The molecule has 0 aliphatic carbocycles. The molecule has 0 aliphatic rings. The van der Waals surface area contributed by atoms with Gasteiger partial charge in [0.05, 0.1) is 11.5 Å². The van der Waals surface area contributed by atoms with E-state index in [-0.39, 0.29) is 5.56 Å². The Balaban J connectivity index is 2.35. The van der Waals surface area contributed by atoms with Gasteiger partial charge in [0.1, 0.15) is 13.1 Å². The zero-order valence-corrected chi connectivity index (χ0v) is 14.5. The maximum atomic E-state index is 12.9. The summed E-state index contributed by atoms with van der Waals surface area (Å²) in [7, 11) is 1.16. The molecule has 9 nitrogen and oxygen atoms in total. The molecule has 0 spiro atoms.